The second kappa shape index (κ2) is 7.92. The summed E-state index contributed by atoms with van der Waals surface area (Å²) in [5, 5.41) is 2.01. The van der Waals surface area contributed by atoms with Gasteiger partial charge in [-0.25, -0.2) is 13.6 Å². The van der Waals surface area contributed by atoms with Gasteiger partial charge in [0.2, 0.25) is 0 Å². The molecule has 0 aliphatic rings. The summed E-state index contributed by atoms with van der Waals surface area (Å²) in [5.74, 6) is 0. The van der Waals surface area contributed by atoms with Crippen LogP contribution in [-0.4, -0.2) is 44.2 Å². The quantitative estimate of drug-likeness (QED) is 0.814. The smallest absolute Gasteiger partial charge is 0.383 e. The molecule has 0 saturated carbocycles. The highest BCUT2D eigenvalue weighted by Crippen LogP contribution is 2.34. The van der Waals surface area contributed by atoms with E-state index in [4.69, 9.17) is 0 Å². The Hall–Kier alpha value is -1.90. The van der Waals surface area contributed by atoms with Gasteiger partial charge in [0, 0.05) is 13.7 Å². The van der Waals surface area contributed by atoms with E-state index in [0.29, 0.717) is 4.90 Å². The second-order valence-electron chi connectivity index (χ2n) is 4.30. The summed E-state index contributed by atoms with van der Waals surface area (Å²) in [5.41, 5.74) is -1.54. The first-order valence-electron chi connectivity index (χ1n) is 6.25. The minimum atomic E-state index is -4.66. The van der Waals surface area contributed by atoms with Gasteiger partial charge in [0.15, 0.2) is 0 Å². The molecule has 0 unspecified atom stereocenters. The van der Waals surface area contributed by atoms with E-state index >= 15 is 0 Å². The lowest BCUT2D eigenvalue weighted by atomic mass is 10.1. The molecule has 0 radical (unpaired) electrons. The molecule has 0 fully saturated rings. The molecule has 0 aliphatic heterocycles. The Kier molecular flexibility index (Phi) is 6.54. The number of benzene rings is 1. The minimum absolute atomic E-state index is 0.0128. The lowest BCUT2D eigenvalue weighted by Gasteiger charge is -2.23. The Balaban J connectivity index is 2.89. The third-order valence-corrected chi connectivity index (χ3v) is 2.69. The highest BCUT2D eigenvalue weighted by atomic mass is 19.4. The molecular formula is C13H15F5N2O2. The highest BCUT2D eigenvalue weighted by molar-refractivity contribution is 5.90. The van der Waals surface area contributed by atoms with Gasteiger partial charge in [-0.15, -0.1) is 0 Å². The fourth-order valence-electron chi connectivity index (χ4n) is 1.68. The Morgan fingerprint density at radius 3 is 2.50 bits per heavy atom. The van der Waals surface area contributed by atoms with Gasteiger partial charge in [0.05, 0.1) is 24.4 Å². The summed E-state index contributed by atoms with van der Waals surface area (Å²) in [6.07, 6.45) is -7.47. The van der Waals surface area contributed by atoms with Crippen molar-refractivity contribution in [2.75, 3.05) is 32.1 Å². The normalized spacial score (nSPS) is 11.6. The summed E-state index contributed by atoms with van der Waals surface area (Å²) in [6.45, 7) is -1.08. The van der Waals surface area contributed by atoms with E-state index in [0.717, 1.165) is 12.1 Å². The predicted molar refractivity (Wildman–Crippen MR) is 69.9 cm³/mol. The molecule has 0 spiro atoms. The van der Waals surface area contributed by atoms with Crippen molar-refractivity contribution in [3.8, 4) is 0 Å². The van der Waals surface area contributed by atoms with Gasteiger partial charge in [-0.05, 0) is 12.1 Å². The summed E-state index contributed by atoms with van der Waals surface area (Å²) in [4.78, 5) is 12.6. The molecule has 1 aromatic carbocycles. The van der Waals surface area contributed by atoms with Gasteiger partial charge in [-0.1, -0.05) is 12.1 Å². The first-order valence-corrected chi connectivity index (χ1v) is 6.25. The Morgan fingerprint density at radius 1 is 1.32 bits per heavy atom. The van der Waals surface area contributed by atoms with Crippen LogP contribution in [0.1, 0.15) is 5.56 Å². The molecule has 0 atom stereocenters. The summed E-state index contributed by atoms with van der Waals surface area (Å²) in [7, 11) is 1.32. The van der Waals surface area contributed by atoms with Crippen LogP contribution in [0.25, 0.3) is 0 Å². The van der Waals surface area contributed by atoms with Crippen LogP contribution >= 0.6 is 0 Å². The Bertz CT molecular complexity index is 494. The number of alkyl halides is 5. The zero-order valence-electron chi connectivity index (χ0n) is 11.7. The van der Waals surface area contributed by atoms with Crippen LogP contribution in [0.3, 0.4) is 0 Å². The van der Waals surface area contributed by atoms with Crippen LogP contribution in [0.4, 0.5) is 32.4 Å². The van der Waals surface area contributed by atoms with E-state index < -0.39 is 36.4 Å². The number of nitrogens with one attached hydrogen (secondary N) is 1. The molecule has 0 bridgehead atoms. The first-order chi connectivity index (χ1) is 10.3. The number of hydrogen-bond acceptors (Lipinski definition) is 2. The van der Waals surface area contributed by atoms with Gasteiger partial charge in [0.1, 0.15) is 0 Å². The van der Waals surface area contributed by atoms with E-state index in [9.17, 15) is 26.7 Å². The van der Waals surface area contributed by atoms with Crippen LogP contribution in [0.2, 0.25) is 0 Å². The van der Waals surface area contributed by atoms with E-state index in [1.165, 1.54) is 19.2 Å². The lowest BCUT2D eigenvalue weighted by molar-refractivity contribution is -0.136. The maximum atomic E-state index is 12.8. The molecule has 4 nitrogen and oxygen atoms in total. The molecule has 0 saturated heterocycles. The molecule has 1 aromatic rings. The monoisotopic (exact) mass is 326 g/mol. The number of methoxy groups -OCH3 is 1. The molecule has 0 heterocycles. The van der Waals surface area contributed by atoms with Crippen molar-refractivity contribution >= 4 is 11.7 Å². The van der Waals surface area contributed by atoms with Crippen LogP contribution in [0.5, 0.6) is 0 Å². The maximum absolute atomic E-state index is 12.8. The molecule has 1 N–H and O–H groups in total. The number of hydrogen-bond donors (Lipinski definition) is 1. The van der Waals surface area contributed by atoms with E-state index in [2.05, 4.69) is 4.74 Å². The number of nitrogens with zero attached hydrogens (tertiary/aromatic N) is 1. The third kappa shape index (κ3) is 5.47. The number of para-hydroxylation sites is 1. The van der Waals surface area contributed by atoms with Crippen molar-refractivity contribution in [2.24, 2.45) is 0 Å². The number of urea groups is 1. The second-order valence-corrected chi connectivity index (χ2v) is 4.30. The van der Waals surface area contributed by atoms with E-state index in [-0.39, 0.29) is 13.2 Å². The number of amides is 2. The molecule has 1 rings (SSSR count). The summed E-state index contributed by atoms with van der Waals surface area (Å²) in [6, 6.07) is 3.27. The van der Waals surface area contributed by atoms with Gasteiger partial charge in [-0.2, -0.15) is 13.2 Å². The number of anilines is 1. The SMILES string of the molecule is COCCN(CC(F)F)C(=O)Nc1ccccc1C(F)(F)F. The molecule has 22 heavy (non-hydrogen) atoms. The fourth-order valence-corrected chi connectivity index (χ4v) is 1.68. The number of carbonyl (C=O) groups is 1. The van der Waals surface area contributed by atoms with Gasteiger partial charge < -0.3 is 15.0 Å². The van der Waals surface area contributed by atoms with Crippen LogP contribution < -0.4 is 5.32 Å². The average molecular weight is 326 g/mol. The Labute approximate surface area is 123 Å². The van der Waals surface area contributed by atoms with E-state index in [1.54, 1.807) is 0 Å². The first kappa shape index (κ1) is 18.1. The lowest BCUT2D eigenvalue weighted by Crippen LogP contribution is -2.40. The summed E-state index contributed by atoms with van der Waals surface area (Å²) >= 11 is 0. The third-order valence-electron chi connectivity index (χ3n) is 2.69. The zero-order valence-corrected chi connectivity index (χ0v) is 11.7. The standard InChI is InChI=1S/C13H15F5N2O2/c1-22-7-6-20(8-11(14)15)12(21)19-10-5-3-2-4-9(10)13(16,17)18/h2-5,11H,6-8H2,1H3,(H,19,21). The maximum Gasteiger partial charge on any atom is 0.418 e. The number of carbonyl (C=O) groups excluding carboxylic acids is 1. The number of ether oxygens (including phenoxy) is 1. The molecule has 0 aromatic heterocycles. The van der Waals surface area contributed by atoms with Gasteiger partial charge >= 0.3 is 12.2 Å². The molecular weight excluding hydrogens is 311 g/mol. The number of rotatable bonds is 6. The van der Waals surface area contributed by atoms with Gasteiger partial charge in [0.25, 0.3) is 6.43 Å². The topological polar surface area (TPSA) is 41.6 Å². The molecule has 124 valence electrons. The van der Waals surface area contributed by atoms with Crippen LogP contribution in [0, 0.1) is 0 Å². The number of halogens is 5. The van der Waals surface area contributed by atoms with E-state index in [1.807, 2.05) is 5.32 Å². The highest BCUT2D eigenvalue weighted by Gasteiger charge is 2.34. The van der Waals surface area contributed by atoms with Crippen molar-refractivity contribution in [3.63, 3.8) is 0 Å². The van der Waals surface area contributed by atoms with Crippen molar-refractivity contribution in [2.45, 2.75) is 12.6 Å². The van der Waals surface area contributed by atoms with Crippen LogP contribution in [-0.2, 0) is 10.9 Å². The van der Waals surface area contributed by atoms with Crippen molar-refractivity contribution in [1.29, 1.82) is 0 Å². The van der Waals surface area contributed by atoms with Crippen molar-refractivity contribution in [3.05, 3.63) is 29.8 Å². The fraction of sp³-hybridized carbons (Fsp3) is 0.462. The molecule has 0 aliphatic carbocycles. The molecule has 2 amide bonds. The molecule has 9 heteroatoms. The predicted octanol–water partition coefficient (Wildman–Crippen LogP) is 3.45. The van der Waals surface area contributed by atoms with Crippen LogP contribution in [0.15, 0.2) is 24.3 Å². The van der Waals surface area contributed by atoms with Gasteiger partial charge in [-0.3, -0.25) is 0 Å². The Morgan fingerprint density at radius 2 is 1.95 bits per heavy atom. The van der Waals surface area contributed by atoms with Crippen molar-refractivity contribution < 1.29 is 31.5 Å². The van der Waals surface area contributed by atoms with Crippen molar-refractivity contribution in [1.82, 2.24) is 4.90 Å². The minimum Gasteiger partial charge on any atom is -0.383 e. The summed E-state index contributed by atoms with van der Waals surface area (Å²) < 4.78 is 68.0. The largest absolute Gasteiger partial charge is 0.418 e. The average Bonchev–Trinajstić information content (AvgIpc) is 2.42. The zero-order chi connectivity index (χ0) is 16.8.